The number of hydrogen-bond acceptors (Lipinski definition) is 3. The van der Waals surface area contributed by atoms with Crippen LogP contribution in [0.25, 0.3) is 0 Å². The van der Waals surface area contributed by atoms with Gasteiger partial charge < -0.3 is 5.32 Å². The summed E-state index contributed by atoms with van der Waals surface area (Å²) in [6.45, 7) is 5.33. The van der Waals surface area contributed by atoms with Crippen LogP contribution in [0.5, 0.6) is 0 Å². The van der Waals surface area contributed by atoms with Gasteiger partial charge in [-0.15, -0.1) is 11.3 Å². The van der Waals surface area contributed by atoms with Crippen molar-refractivity contribution in [2.45, 2.75) is 25.9 Å². The lowest BCUT2D eigenvalue weighted by atomic mass is 10.0. The fourth-order valence-corrected chi connectivity index (χ4v) is 3.91. The summed E-state index contributed by atoms with van der Waals surface area (Å²) in [6, 6.07) is 12.9. The molecule has 2 nitrogen and oxygen atoms in total. The molecule has 1 N–H and O–H groups in total. The van der Waals surface area contributed by atoms with Gasteiger partial charge in [0.2, 0.25) is 0 Å². The van der Waals surface area contributed by atoms with E-state index in [0.29, 0.717) is 0 Å². The summed E-state index contributed by atoms with van der Waals surface area (Å²) in [5.41, 5.74) is 3.03. The maximum absolute atomic E-state index is 5.94. The topological polar surface area (TPSA) is 15.3 Å². The molecule has 2 aromatic rings. The lowest BCUT2D eigenvalue weighted by Gasteiger charge is -2.20. The van der Waals surface area contributed by atoms with E-state index in [9.17, 15) is 0 Å². The third-order valence-electron chi connectivity index (χ3n) is 3.97. The summed E-state index contributed by atoms with van der Waals surface area (Å²) in [4.78, 5) is 3.86. The summed E-state index contributed by atoms with van der Waals surface area (Å²) >= 11 is 7.60. The number of rotatable bonds is 5. The van der Waals surface area contributed by atoms with Crippen LogP contribution in [-0.4, -0.2) is 24.5 Å². The van der Waals surface area contributed by atoms with Crippen LogP contribution < -0.4 is 5.32 Å². The van der Waals surface area contributed by atoms with Gasteiger partial charge in [-0.3, -0.25) is 4.90 Å². The predicted molar refractivity (Wildman–Crippen MR) is 91.1 cm³/mol. The lowest BCUT2D eigenvalue weighted by Crippen LogP contribution is -2.31. The van der Waals surface area contributed by atoms with Crippen LogP contribution in [0.3, 0.4) is 0 Å². The molecule has 0 unspecified atom stereocenters. The van der Waals surface area contributed by atoms with Crippen LogP contribution in [0, 0.1) is 0 Å². The fourth-order valence-electron chi connectivity index (χ4n) is 2.86. The molecule has 0 fully saturated rings. The highest BCUT2D eigenvalue weighted by Crippen LogP contribution is 2.21. The van der Waals surface area contributed by atoms with Crippen LogP contribution in [0.1, 0.15) is 22.4 Å². The van der Waals surface area contributed by atoms with E-state index >= 15 is 0 Å². The molecule has 112 valence electrons. The van der Waals surface area contributed by atoms with Crippen molar-refractivity contribution in [2.24, 2.45) is 0 Å². The van der Waals surface area contributed by atoms with Crippen molar-refractivity contribution in [1.29, 1.82) is 0 Å². The molecule has 1 aromatic heterocycles. The summed E-state index contributed by atoms with van der Waals surface area (Å²) in [5.74, 6) is 0. The minimum Gasteiger partial charge on any atom is -0.311 e. The highest BCUT2D eigenvalue weighted by molar-refractivity contribution is 7.16. The van der Waals surface area contributed by atoms with E-state index < -0.39 is 0 Å². The summed E-state index contributed by atoms with van der Waals surface area (Å²) in [5, 5.41) is 3.52. The zero-order chi connectivity index (χ0) is 14.5. The van der Waals surface area contributed by atoms with Crippen LogP contribution >= 0.6 is 22.9 Å². The van der Waals surface area contributed by atoms with E-state index in [-0.39, 0.29) is 0 Å². The highest BCUT2D eigenvalue weighted by Gasteiger charge is 2.13. The molecule has 0 bridgehead atoms. The van der Waals surface area contributed by atoms with Crippen molar-refractivity contribution in [1.82, 2.24) is 10.2 Å². The SMILES string of the molecule is Clc1ccc(CNCCN2CCCc3ccccc3C2)s1. The second-order valence-electron chi connectivity index (χ2n) is 5.53. The number of hydrogen-bond donors (Lipinski definition) is 1. The summed E-state index contributed by atoms with van der Waals surface area (Å²) in [6.07, 6.45) is 2.48. The normalized spacial score (nSPS) is 15.7. The van der Waals surface area contributed by atoms with Gasteiger partial charge in [-0.2, -0.15) is 0 Å². The Morgan fingerprint density at radius 2 is 2.00 bits per heavy atom. The first-order chi connectivity index (χ1) is 10.3. The van der Waals surface area contributed by atoms with E-state index in [0.717, 1.165) is 30.5 Å². The smallest absolute Gasteiger partial charge is 0.0931 e. The minimum atomic E-state index is 0.871. The summed E-state index contributed by atoms with van der Waals surface area (Å²) < 4.78 is 0.871. The first-order valence-corrected chi connectivity index (χ1v) is 8.75. The molecule has 0 saturated heterocycles. The van der Waals surface area contributed by atoms with Crippen LogP contribution in [0.15, 0.2) is 36.4 Å². The highest BCUT2D eigenvalue weighted by atomic mass is 35.5. The first kappa shape index (κ1) is 15.0. The quantitative estimate of drug-likeness (QED) is 0.839. The van der Waals surface area contributed by atoms with Gasteiger partial charge in [0.1, 0.15) is 0 Å². The van der Waals surface area contributed by atoms with Crippen molar-refractivity contribution in [3.05, 3.63) is 56.7 Å². The van der Waals surface area contributed by atoms with E-state index in [1.807, 2.05) is 6.07 Å². The maximum Gasteiger partial charge on any atom is 0.0931 e. The van der Waals surface area contributed by atoms with Gasteiger partial charge in [0, 0.05) is 31.1 Å². The van der Waals surface area contributed by atoms with Crippen LogP contribution in [-0.2, 0) is 19.5 Å². The number of nitrogens with zero attached hydrogens (tertiary/aromatic N) is 1. The number of halogens is 1. The van der Waals surface area contributed by atoms with Crippen LogP contribution in [0.2, 0.25) is 4.34 Å². The Morgan fingerprint density at radius 1 is 1.14 bits per heavy atom. The molecule has 0 amide bonds. The molecule has 0 spiro atoms. The van der Waals surface area contributed by atoms with E-state index in [1.165, 1.54) is 35.4 Å². The van der Waals surface area contributed by atoms with Crippen LogP contribution in [0.4, 0.5) is 0 Å². The molecule has 0 saturated carbocycles. The standard InChI is InChI=1S/C17H21ClN2S/c18-17-8-7-16(21-17)12-19-9-11-20-10-3-6-14-4-1-2-5-15(14)13-20/h1-2,4-5,7-8,19H,3,6,9-13H2. The monoisotopic (exact) mass is 320 g/mol. The lowest BCUT2D eigenvalue weighted by molar-refractivity contribution is 0.269. The van der Waals surface area contributed by atoms with Gasteiger partial charge in [-0.05, 0) is 42.6 Å². The molecule has 1 aliphatic heterocycles. The molecule has 1 aliphatic rings. The number of nitrogens with one attached hydrogen (secondary N) is 1. The second-order valence-corrected chi connectivity index (χ2v) is 7.33. The Bertz CT molecular complexity index is 582. The second kappa shape index (κ2) is 7.41. The number of fused-ring (bicyclic) bond motifs is 1. The van der Waals surface area contributed by atoms with E-state index in [1.54, 1.807) is 11.3 Å². The summed E-state index contributed by atoms with van der Waals surface area (Å²) in [7, 11) is 0. The zero-order valence-corrected chi connectivity index (χ0v) is 13.7. The van der Waals surface area contributed by atoms with Gasteiger partial charge in [-0.25, -0.2) is 0 Å². The Labute approximate surface area is 135 Å². The molecule has 0 atom stereocenters. The van der Waals surface area contributed by atoms with Crippen molar-refractivity contribution in [2.75, 3.05) is 19.6 Å². The molecule has 2 heterocycles. The third kappa shape index (κ3) is 4.30. The van der Waals surface area contributed by atoms with Crippen molar-refractivity contribution in [3.8, 4) is 0 Å². The van der Waals surface area contributed by atoms with Crippen molar-refractivity contribution in [3.63, 3.8) is 0 Å². The zero-order valence-electron chi connectivity index (χ0n) is 12.1. The Morgan fingerprint density at radius 3 is 2.81 bits per heavy atom. The van der Waals surface area contributed by atoms with E-state index in [2.05, 4.69) is 40.5 Å². The molecule has 1 aromatic carbocycles. The van der Waals surface area contributed by atoms with Crippen molar-refractivity contribution < 1.29 is 0 Å². The van der Waals surface area contributed by atoms with Gasteiger partial charge >= 0.3 is 0 Å². The predicted octanol–water partition coefficient (Wildman–Crippen LogP) is 3.94. The molecular formula is C17H21ClN2S. The largest absolute Gasteiger partial charge is 0.311 e. The minimum absolute atomic E-state index is 0.871. The van der Waals surface area contributed by atoms with Crippen molar-refractivity contribution >= 4 is 22.9 Å². The molecule has 21 heavy (non-hydrogen) atoms. The average molecular weight is 321 g/mol. The number of thiophene rings is 1. The average Bonchev–Trinajstić information content (AvgIpc) is 2.79. The fraction of sp³-hybridized carbons (Fsp3) is 0.412. The van der Waals surface area contributed by atoms with E-state index in [4.69, 9.17) is 11.6 Å². The number of aryl methyl sites for hydroxylation is 1. The number of benzene rings is 1. The Kier molecular flexibility index (Phi) is 5.31. The molecule has 4 heteroatoms. The van der Waals surface area contributed by atoms with Gasteiger partial charge in [0.05, 0.1) is 4.34 Å². The van der Waals surface area contributed by atoms with Gasteiger partial charge in [-0.1, -0.05) is 35.9 Å². The molecule has 0 radical (unpaired) electrons. The first-order valence-electron chi connectivity index (χ1n) is 7.55. The van der Waals surface area contributed by atoms with Gasteiger partial charge in [0.15, 0.2) is 0 Å². The molecule has 0 aliphatic carbocycles. The Balaban J connectivity index is 1.45. The maximum atomic E-state index is 5.94. The Hall–Kier alpha value is -0.870. The molecular weight excluding hydrogens is 300 g/mol. The van der Waals surface area contributed by atoms with Gasteiger partial charge in [0.25, 0.3) is 0 Å². The third-order valence-corrected chi connectivity index (χ3v) is 5.20. The molecule has 3 rings (SSSR count).